The molecule has 0 radical (unpaired) electrons. The number of ether oxygens (including phenoxy) is 2. The molecular formula is C23H39ClN2O3. The molecule has 1 fully saturated rings. The van der Waals surface area contributed by atoms with Gasteiger partial charge in [0.2, 0.25) is 5.91 Å². The zero-order valence-electron chi connectivity index (χ0n) is 18.5. The lowest BCUT2D eigenvalue weighted by Gasteiger charge is -2.26. The highest BCUT2D eigenvalue weighted by Crippen LogP contribution is 2.28. The first kappa shape index (κ1) is 25.6. The van der Waals surface area contributed by atoms with Crippen LogP contribution in [-0.2, 0) is 11.2 Å². The minimum Gasteiger partial charge on any atom is -0.493 e. The summed E-state index contributed by atoms with van der Waals surface area (Å²) >= 11 is 0. The fraction of sp³-hybridized carbons (Fsp3) is 0.696. The Morgan fingerprint density at radius 1 is 1.14 bits per heavy atom. The summed E-state index contributed by atoms with van der Waals surface area (Å²) in [6.45, 7) is 10.2. The molecule has 5 nitrogen and oxygen atoms in total. The molecule has 0 bridgehead atoms. The molecule has 1 N–H and O–H groups in total. The summed E-state index contributed by atoms with van der Waals surface area (Å²) in [6.07, 6.45) is 5.89. The van der Waals surface area contributed by atoms with Crippen LogP contribution < -0.4 is 14.8 Å². The van der Waals surface area contributed by atoms with E-state index < -0.39 is 0 Å². The Morgan fingerprint density at radius 2 is 1.83 bits per heavy atom. The van der Waals surface area contributed by atoms with Gasteiger partial charge in [-0.1, -0.05) is 26.8 Å². The Kier molecular flexibility index (Phi) is 12.1. The van der Waals surface area contributed by atoms with Gasteiger partial charge in [-0.15, -0.1) is 12.4 Å². The van der Waals surface area contributed by atoms with Crippen LogP contribution in [0, 0.1) is 5.92 Å². The van der Waals surface area contributed by atoms with Crippen molar-refractivity contribution in [2.75, 3.05) is 33.4 Å². The summed E-state index contributed by atoms with van der Waals surface area (Å²) in [5.41, 5.74) is 1.10. The molecular weight excluding hydrogens is 388 g/mol. The van der Waals surface area contributed by atoms with Gasteiger partial charge in [0.25, 0.3) is 0 Å². The van der Waals surface area contributed by atoms with Gasteiger partial charge in [0.1, 0.15) is 6.61 Å². The van der Waals surface area contributed by atoms with Crippen molar-refractivity contribution in [3.05, 3.63) is 23.8 Å². The third kappa shape index (κ3) is 8.83. The number of benzene rings is 1. The number of amides is 1. The van der Waals surface area contributed by atoms with E-state index in [0.29, 0.717) is 25.5 Å². The first-order chi connectivity index (χ1) is 13.5. The van der Waals surface area contributed by atoms with E-state index in [9.17, 15) is 4.79 Å². The van der Waals surface area contributed by atoms with Gasteiger partial charge in [0.15, 0.2) is 11.5 Å². The zero-order chi connectivity index (χ0) is 20.4. The van der Waals surface area contributed by atoms with Gasteiger partial charge >= 0.3 is 0 Å². The van der Waals surface area contributed by atoms with Crippen molar-refractivity contribution in [2.24, 2.45) is 5.92 Å². The van der Waals surface area contributed by atoms with Gasteiger partial charge in [-0.2, -0.15) is 0 Å². The summed E-state index contributed by atoms with van der Waals surface area (Å²) in [7, 11) is 1.66. The molecule has 1 aromatic carbocycles. The summed E-state index contributed by atoms with van der Waals surface area (Å²) in [5, 5.41) is 3.20. The number of hydrogen-bond donors (Lipinski definition) is 1. The molecule has 166 valence electrons. The molecule has 0 heterocycles. The number of hydrogen-bond acceptors (Lipinski definition) is 4. The minimum absolute atomic E-state index is 0. The third-order valence-corrected chi connectivity index (χ3v) is 5.81. The largest absolute Gasteiger partial charge is 0.493 e. The Labute approximate surface area is 182 Å². The van der Waals surface area contributed by atoms with Crippen molar-refractivity contribution >= 4 is 18.3 Å². The predicted octanol–water partition coefficient (Wildman–Crippen LogP) is 4.47. The van der Waals surface area contributed by atoms with Crippen LogP contribution in [0.25, 0.3) is 0 Å². The van der Waals surface area contributed by atoms with E-state index >= 15 is 0 Å². The molecule has 1 aromatic rings. The Morgan fingerprint density at radius 3 is 2.45 bits per heavy atom. The van der Waals surface area contributed by atoms with Crippen LogP contribution in [0.4, 0.5) is 0 Å². The second-order valence-corrected chi connectivity index (χ2v) is 7.88. The summed E-state index contributed by atoms with van der Waals surface area (Å²) in [5.74, 6) is 2.45. The van der Waals surface area contributed by atoms with Gasteiger partial charge in [-0.3, -0.25) is 4.79 Å². The molecule has 1 aliphatic carbocycles. The number of carbonyl (C=O) groups excluding carboxylic acids is 1. The molecule has 6 heteroatoms. The normalized spacial score (nSPS) is 18.8. The van der Waals surface area contributed by atoms with E-state index in [0.717, 1.165) is 55.5 Å². The SMILES string of the molecule is CCN(CC)CCOc1ccc(CCC(=O)NC2CCC(C)CC2)cc1OC.Cl. The standard InChI is InChI=1S/C23H38N2O3.ClH/c1-5-25(6-2)15-16-28-21-13-9-19(17-22(21)27-4)10-14-23(26)24-20-11-7-18(3)8-12-20;/h9,13,17-18,20H,5-8,10-12,14-16H2,1-4H3,(H,24,26);1H. The van der Waals surface area contributed by atoms with Gasteiger partial charge in [0, 0.05) is 19.0 Å². The maximum absolute atomic E-state index is 12.3. The molecule has 0 saturated heterocycles. The zero-order valence-corrected chi connectivity index (χ0v) is 19.4. The number of carbonyl (C=O) groups is 1. The molecule has 0 aromatic heterocycles. The maximum atomic E-state index is 12.3. The van der Waals surface area contributed by atoms with Gasteiger partial charge in [-0.05, 0) is 68.8 Å². The number of nitrogens with one attached hydrogen (secondary N) is 1. The van der Waals surface area contributed by atoms with Crippen LogP contribution in [0.1, 0.15) is 58.4 Å². The highest BCUT2D eigenvalue weighted by Gasteiger charge is 2.19. The first-order valence-electron chi connectivity index (χ1n) is 10.9. The number of rotatable bonds is 11. The quantitative estimate of drug-likeness (QED) is 0.567. The highest BCUT2D eigenvalue weighted by atomic mass is 35.5. The Hall–Kier alpha value is -1.46. The smallest absolute Gasteiger partial charge is 0.220 e. The number of likely N-dealkylation sites (N-methyl/N-ethyl adjacent to an activating group) is 1. The second-order valence-electron chi connectivity index (χ2n) is 7.88. The highest BCUT2D eigenvalue weighted by molar-refractivity contribution is 5.85. The van der Waals surface area contributed by atoms with E-state index in [1.165, 1.54) is 12.8 Å². The lowest BCUT2D eigenvalue weighted by atomic mass is 9.87. The van der Waals surface area contributed by atoms with Crippen molar-refractivity contribution in [1.82, 2.24) is 10.2 Å². The van der Waals surface area contributed by atoms with E-state index in [4.69, 9.17) is 9.47 Å². The Bertz CT molecular complexity index is 600. The fourth-order valence-corrected chi connectivity index (χ4v) is 3.77. The van der Waals surface area contributed by atoms with Crippen LogP contribution in [0.2, 0.25) is 0 Å². The molecule has 0 unspecified atom stereocenters. The molecule has 0 atom stereocenters. The lowest BCUT2D eigenvalue weighted by molar-refractivity contribution is -0.122. The number of nitrogens with zero attached hydrogens (tertiary/aromatic N) is 1. The van der Waals surface area contributed by atoms with Crippen molar-refractivity contribution in [1.29, 1.82) is 0 Å². The fourth-order valence-electron chi connectivity index (χ4n) is 3.77. The molecule has 0 aliphatic heterocycles. The van der Waals surface area contributed by atoms with E-state index in [2.05, 4.69) is 31.0 Å². The van der Waals surface area contributed by atoms with Crippen LogP contribution in [0.5, 0.6) is 11.5 Å². The summed E-state index contributed by atoms with van der Waals surface area (Å²) in [6, 6.07) is 6.34. The van der Waals surface area contributed by atoms with Crippen LogP contribution in [0.3, 0.4) is 0 Å². The second kappa shape index (κ2) is 13.7. The number of halogens is 1. The van der Waals surface area contributed by atoms with Crippen LogP contribution in [-0.4, -0.2) is 50.2 Å². The van der Waals surface area contributed by atoms with Crippen molar-refractivity contribution in [2.45, 2.75) is 65.3 Å². The van der Waals surface area contributed by atoms with Gasteiger partial charge in [-0.25, -0.2) is 0 Å². The minimum atomic E-state index is 0. The van der Waals surface area contributed by atoms with Crippen molar-refractivity contribution in [3.8, 4) is 11.5 Å². The molecule has 1 aliphatic rings. The topological polar surface area (TPSA) is 50.8 Å². The van der Waals surface area contributed by atoms with Crippen LogP contribution in [0.15, 0.2) is 18.2 Å². The van der Waals surface area contributed by atoms with E-state index in [-0.39, 0.29) is 18.3 Å². The van der Waals surface area contributed by atoms with Gasteiger partial charge in [0.05, 0.1) is 7.11 Å². The third-order valence-electron chi connectivity index (χ3n) is 5.81. The van der Waals surface area contributed by atoms with Gasteiger partial charge < -0.3 is 19.7 Å². The number of methoxy groups -OCH3 is 1. The molecule has 0 spiro atoms. The molecule has 1 amide bonds. The Balaban J connectivity index is 0.00000420. The summed E-state index contributed by atoms with van der Waals surface area (Å²) in [4.78, 5) is 14.6. The van der Waals surface area contributed by atoms with Crippen molar-refractivity contribution in [3.63, 3.8) is 0 Å². The first-order valence-corrected chi connectivity index (χ1v) is 10.9. The summed E-state index contributed by atoms with van der Waals surface area (Å²) < 4.78 is 11.4. The van der Waals surface area contributed by atoms with E-state index in [1.807, 2.05) is 18.2 Å². The monoisotopic (exact) mass is 426 g/mol. The lowest BCUT2D eigenvalue weighted by Crippen LogP contribution is -2.37. The number of aryl methyl sites for hydroxylation is 1. The molecule has 29 heavy (non-hydrogen) atoms. The predicted molar refractivity (Wildman–Crippen MR) is 121 cm³/mol. The van der Waals surface area contributed by atoms with Crippen molar-refractivity contribution < 1.29 is 14.3 Å². The average molecular weight is 427 g/mol. The maximum Gasteiger partial charge on any atom is 0.220 e. The van der Waals surface area contributed by atoms with Crippen LogP contribution >= 0.6 is 12.4 Å². The average Bonchev–Trinajstić information content (AvgIpc) is 2.72. The molecule has 2 rings (SSSR count). The van der Waals surface area contributed by atoms with E-state index in [1.54, 1.807) is 7.11 Å². The molecule has 1 saturated carbocycles.